The fourth-order valence-electron chi connectivity index (χ4n) is 3.80. The summed E-state index contributed by atoms with van der Waals surface area (Å²) in [5, 5.41) is 6.75. The average Bonchev–Trinajstić information content (AvgIpc) is 3.26. The van der Waals surface area contributed by atoms with Gasteiger partial charge in [0, 0.05) is 36.2 Å². The number of rotatable bonds is 6. The van der Waals surface area contributed by atoms with Crippen LogP contribution in [0.3, 0.4) is 0 Å². The van der Waals surface area contributed by atoms with Crippen LogP contribution < -0.4 is 15.5 Å². The van der Waals surface area contributed by atoms with Crippen molar-refractivity contribution in [1.82, 2.24) is 19.5 Å². The molecule has 0 atom stereocenters. The average molecular weight is 430 g/mol. The zero-order valence-corrected chi connectivity index (χ0v) is 18.3. The van der Waals surface area contributed by atoms with Crippen LogP contribution in [-0.4, -0.2) is 45.8 Å². The molecule has 0 unspecified atom stereocenters. The molecule has 2 N–H and O–H groups in total. The Balaban J connectivity index is 1.45. The first kappa shape index (κ1) is 20.3. The number of benzene rings is 2. The maximum absolute atomic E-state index is 5.45. The summed E-state index contributed by atoms with van der Waals surface area (Å²) in [4.78, 5) is 16.4. The van der Waals surface area contributed by atoms with Gasteiger partial charge >= 0.3 is 0 Å². The predicted molar refractivity (Wildman–Crippen MR) is 128 cm³/mol. The van der Waals surface area contributed by atoms with Gasteiger partial charge in [0.1, 0.15) is 0 Å². The third kappa shape index (κ3) is 4.22. The lowest BCUT2D eigenvalue weighted by molar-refractivity contribution is 0.122. The van der Waals surface area contributed by atoms with Gasteiger partial charge in [0.05, 0.1) is 19.5 Å². The Morgan fingerprint density at radius 2 is 1.59 bits per heavy atom. The fraction of sp³-hybridized carbons (Fsp3) is 0.292. The molecule has 3 heterocycles. The molecule has 1 fully saturated rings. The number of morpholine rings is 1. The minimum absolute atomic E-state index is 0.236. The van der Waals surface area contributed by atoms with Gasteiger partial charge in [0.15, 0.2) is 17.0 Å². The molecule has 164 valence electrons. The summed E-state index contributed by atoms with van der Waals surface area (Å²) >= 11 is 0. The molecule has 0 spiro atoms. The van der Waals surface area contributed by atoms with E-state index >= 15 is 0 Å². The highest BCUT2D eigenvalue weighted by molar-refractivity contribution is 5.87. The van der Waals surface area contributed by atoms with Crippen LogP contribution in [0.25, 0.3) is 11.2 Å². The molecule has 0 amide bonds. The van der Waals surface area contributed by atoms with Gasteiger partial charge in [-0.3, -0.25) is 0 Å². The molecule has 0 bridgehead atoms. The molecule has 4 aromatic rings. The Morgan fingerprint density at radius 3 is 2.31 bits per heavy atom. The lowest BCUT2D eigenvalue weighted by atomic mass is 10.2. The van der Waals surface area contributed by atoms with Gasteiger partial charge in [0.25, 0.3) is 0 Å². The van der Waals surface area contributed by atoms with Crippen molar-refractivity contribution in [3.8, 4) is 0 Å². The molecule has 0 saturated carbocycles. The minimum Gasteiger partial charge on any atom is -0.378 e. The highest BCUT2D eigenvalue weighted by Crippen LogP contribution is 2.27. The van der Waals surface area contributed by atoms with Crippen molar-refractivity contribution >= 4 is 40.0 Å². The van der Waals surface area contributed by atoms with Crippen LogP contribution in [0.5, 0.6) is 0 Å². The molecular formula is C24H27N7O. The quantitative estimate of drug-likeness (QED) is 0.459. The molecule has 0 radical (unpaired) electrons. The highest BCUT2D eigenvalue weighted by atomic mass is 16.5. The van der Waals surface area contributed by atoms with E-state index in [-0.39, 0.29) is 6.04 Å². The number of imidazole rings is 1. The van der Waals surface area contributed by atoms with Gasteiger partial charge in [-0.05, 0) is 50.2 Å². The second-order valence-corrected chi connectivity index (χ2v) is 8.08. The van der Waals surface area contributed by atoms with Gasteiger partial charge in [-0.2, -0.15) is 9.97 Å². The van der Waals surface area contributed by atoms with Gasteiger partial charge in [0.2, 0.25) is 5.95 Å². The summed E-state index contributed by atoms with van der Waals surface area (Å²) in [5.41, 5.74) is 4.62. The lowest BCUT2D eigenvalue weighted by Crippen LogP contribution is -2.36. The second-order valence-electron chi connectivity index (χ2n) is 8.08. The summed E-state index contributed by atoms with van der Waals surface area (Å²) < 4.78 is 7.50. The van der Waals surface area contributed by atoms with Crippen molar-refractivity contribution in [2.45, 2.75) is 19.9 Å². The van der Waals surface area contributed by atoms with Crippen LogP contribution in [-0.2, 0) is 4.74 Å². The number of fused-ring (bicyclic) bond motifs is 1. The van der Waals surface area contributed by atoms with E-state index in [1.54, 1.807) is 0 Å². The molecule has 2 aromatic heterocycles. The van der Waals surface area contributed by atoms with Crippen LogP contribution in [0.4, 0.5) is 28.8 Å². The van der Waals surface area contributed by atoms with Crippen molar-refractivity contribution in [2.24, 2.45) is 0 Å². The van der Waals surface area contributed by atoms with E-state index in [2.05, 4.69) is 63.2 Å². The third-order valence-corrected chi connectivity index (χ3v) is 5.51. The molecule has 1 aliphatic heterocycles. The molecule has 2 aromatic carbocycles. The summed E-state index contributed by atoms with van der Waals surface area (Å²) in [6, 6.07) is 18.6. The number of hydrogen-bond acceptors (Lipinski definition) is 7. The molecule has 1 saturated heterocycles. The van der Waals surface area contributed by atoms with E-state index < -0.39 is 0 Å². The lowest BCUT2D eigenvalue weighted by Gasteiger charge is -2.28. The Labute approximate surface area is 187 Å². The fourth-order valence-corrected chi connectivity index (χ4v) is 3.80. The normalized spacial score (nSPS) is 14.2. The van der Waals surface area contributed by atoms with Crippen LogP contribution >= 0.6 is 0 Å². The topological polar surface area (TPSA) is 80.1 Å². The Morgan fingerprint density at radius 1 is 0.875 bits per heavy atom. The number of hydrogen-bond donors (Lipinski definition) is 2. The molecule has 32 heavy (non-hydrogen) atoms. The van der Waals surface area contributed by atoms with Crippen LogP contribution in [0, 0.1) is 0 Å². The van der Waals surface area contributed by atoms with Crippen LogP contribution in [0.2, 0.25) is 0 Å². The van der Waals surface area contributed by atoms with E-state index in [1.807, 2.05) is 36.7 Å². The predicted octanol–water partition coefficient (Wildman–Crippen LogP) is 4.73. The zero-order chi connectivity index (χ0) is 21.9. The number of anilines is 5. The molecule has 0 aliphatic carbocycles. The monoisotopic (exact) mass is 429 g/mol. The summed E-state index contributed by atoms with van der Waals surface area (Å²) in [6.07, 6.45) is 1.82. The van der Waals surface area contributed by atoms with E-state index in [0.29, 0.717) is 11.8 Å². The van der Waals surface area contributed by atoms with Crippen molar-refractivity contribution in [2.75, 3.05) is 41.8 Å². The first-order valence-electron chi connectivity index (χ1n) is 10.9. The van der Waals surface area contributed by atoms with Crippen molar-refractivity contribution in [1.29, 1.82) is 0 Å². The Kier molecular flexibility index (Phi) is 5.60. The molecule has 8 heteroatoms. The number of aromatic nitrogens is 4. The van der Waals surface area contributed by atoms with E-state index in [0.717, 1.165) is 48.8 Å². The van der Waals surface area contributed by atoms with E-state index in [1.165, 1.54) is 5.69 Å². The summed E-state index contributed by atoms with van der Waals surface area (Å²) in [5.74, 6) is 1.20. The molecule has 5 rings (SSSR count). The molecule has 1 aliphatic rings. The molecular weight excluding hydrogens is 402 g/mol. The second kappa shape index (κ2) is 8.84. The van der Waals surface area contributed by atoms with E-state index in [4.69, 9.17) is 14.7 Å². The standard InChI is InChI=1S/C24H27N7O/c1-17(2)31-16-25-21-22(26-18-6-4-3-5-7-18)28-24(29-23(21)31)27-19-8-10-20(11-9-19)30-12-14-32-15-13-30/h3-11,16-17H,12-15H2,1-2H3,(H2,26,27,28,29). The Bertz CT molecular complexity index is 1180. The van der Waals surface area contributed by atoms with Gasteiger partial charge in [-0.25, -0.2) is 4.98 Å². The zero-order valence-electron chi connectivity index (χ0n) is 18.3. The van der Waals surface area contributed by atoms with Gasteiger partial charge < -0.3 is 24.8 Å². The van der Waals surface area contributed by atoms with Crippen molar-refractivity contribution < 1.29 is 4.74 Å². The summed E-state index contributed by atoms with van der Waals surface area (Å²) in [6.45, 7) is 7.61. The number of ether oxygens (including phenoxy) is 1. The van der Waals surface area contributed by atoms with E-state index in [9.17, 15) is 0 Å². The minimum atomic E-state index is 0.236. The number of nitrogens with one attached hydrogen (secondary N) is 2. The van der Waals surface area contributed by atoms with Crippen molar-refractivity contribution in [3.05, 3.63) is 60.9 Å². The van der Waals surface area contributed by atoms with Gasteiger partial charge in [-0.15, -0.1) is 0 Å². The first-order valence-corrected chi connectivity index (χ1v) is 10.9. The summed E-state index contributed by atoms with van der Waals surface area (Å²) in [7, 11) is 0. The SMILES string of the molecule is CC(C)n1cnc2c(Nc3ccccc3)nc(Nc3ccc(N4CCOCC4)cc3)nc21. The van der Waals surface area contributed by atoms with Crippen molar-refractivity contribution in [3.63, 3.8) is 0 Å². The molecule has 8 nitrogen and oxygen atoms in total. The highest BCUT2D eigenvalue weighted by Gasteiger charge is 2.16. The number of nitrogens with zero attached hydrogens (tertiary/aromatic N) is 5. The van der Waals surface area contributed by atoms with Crippen LogP contribution in [0.1, 0.15) is 19.9 Å². The Hall–Kier alpha value is -3.65. The third-order valence-electron chi connectivity index (χ3n) is 5.51. The van der Waals surface area contributed by atoms with Crippen LogP contribution in [0.15, 0.2) is 60.9 Å². The first-order chi connectivity index (χ1) is 15.7. The largest absolute Gasteiger partial charge is 0.378 e. The maximum Gasteiger partial charge on any atom is 0.231 e. The number of para-hydroxylation sites is 1. The smallest absolute Gasteiger partial charge is 0.231 e. The maximum atomic E-state index is 5.45. The van der Waals surface area contributed by atoms with Gasteiger partial charge in [-0.1, -0.05) is 18.2 Å².